The van der Waals surface area contributed by atoms with E-state index in [1.54, 1.807) is 50.9 Å². The van der Waals surface area contributed by atoms with Crippen molar-refractivity contribution < 1.29 is 17.9 Å². The Morgan fingerprint density at radius 2 is 1.72 bits per heavy atom. The zero-order valence-electron chi connectivity index (χ0n) is 18.3. The summed E-state index contributed by atoms with van der Waals surface area (Å²) in [6.07, 6.45) is 4.35. The van der Waals surface area contributed by atoms with Gasteiger partial charge < -0.3 is 14.4 Å². The summed E-state index contributed by atoms with van der Waals surface area (Å²) >= 11 is 0. The van der Waals surface area contributed by atoms with Crippen molar-refractivity contribution >= 4 is 26.7 Å². The molecule has 0 saturated carbocycles. The highest BCUT2D eigenvalue weighted by atomic mass is 32.2. The van der Waals surface area contributed by atoms with Gasteiger partial charge in [0.25, 0.3) is 0 Å². The van der Waals surface area contributed by atoms with E-state index in [4.69, 9.17) is 9.47 Å². The number of hydrogen-bond acceptors (Lipinski definition) is 7. The molecule has 1 fully saturated rings. The Kier molecular flexibility index (Phi) is 6.76. The number of benzene rings is 2. The second kappa shape index (κ2) is 9.70. The van der Waals surface area contributed by atoms with Crippen LogP contribution in [0.15, 0.2) is 53.7 Å². The van der Waals surface area contributed by atoms with Crippen LogP contribution in [0, 0.1) is 5.92 Å². The second-order valence-electron chi connectivity index (χ2n) is 7.85. The van der Waals surface area contributed by atoms with Gasteiger partial charge in [-0.1, -0.05) is 18.2 Å². The van der Waals surface area contributed by atoms with Crippen LogP contribution in [-0.4, -0.2) is 52.2 Å². The van der Waals surface area contributed by atoms with Gasteiger partial charge in [0.15, 0.2) is 11.5 Å². The Morgan fingerprint density at radius 3 is 2.41 bits per heavy atom. The first kappa shape index (κ1) is 22.3. The molecule has 0 unspecified atom stereocenters. The van der Waals surface area contributed by atoms with Crippen molar-refractivity contribution in [2.24, 2.45) is 5.92 Å². The van der Waals surface area contributed by atoms with Crippen molar-refractivity contribution in [2.75, 3.05) is 38.8 Å². The number of hydrogen-bond donors (Lipinski definition) is 1. The predicted octanol–water partition coefficient (Wildman–Crippen LogP) is 3.23. The lowest BCUT2D eigenvalue weighted by Crippen LogP contribution is -2.35. The standard InChI is InChI=1S/C23H28N4O4S/c1-30-21-14-19-20(15-22(21)31-2)24-16-25-23(19)27-12-9-17(10-13-27)8-11-26-32(28,29)18-6-4-3-5-7-18/h3-7,14-17,26H,8-13H2,1-2H3. The quantitative estimate of drug-likeness (QED) is 0.556. The van der Waals surface area contributed by atoms with E-state index in [2.05, 4.69) is 19.6 Å². The Bertz CT molecular complexity index is 1160. The third-order valence-electron chi connectivity index (χ3n) is 5.93. The van der Waals surface area contributed by atoms with E-state index in [9.17, 15) is 8.42 Å². The number of sulfonamides is 1. The van der Waals surface area contributed by atoms with E-state index in [0.29, 0.717) is 28.9 Å². The van der Waals surface area contributed by atoms with Crippen LogP contribution in [0.2, 0.25) is 0 Å². The van der Waals surface area contributed by atoms with Gasteiger partial charge in [-0.15, -0.1) is 0 Å². The highest BCUT2D eigenvalue weighted by Crippen LogP contribution is 2.35. The highest BCUT2D eigenvalue weighted by Gasteiger charge is 2.23. The largest absolute Gasteiger partial charge is 0.493 e. The SMILES string of the molecule is COc1cc2ncnc(N3CCC(CCNS(=O)(=O)c4ccccc4)CC3)c2cc1OC. The monoisotopic (exact) mass is 456 g/mol. The lowest BCUT2D eigenvalue weighted by molar-refractivity contribution is 0.355. The molecular formula is C23H28N4O4S. The summed E-state index contributed by atoms with van der Waals surface area (Å²) in [4.78, 5) is 11.5. The molecule has 2 heterocycles. The first-order chi connectivity index (χ1) is 15.5. The number of nitrogens with one attached hydrogen (secondary N) is 1. The topological polar surface area (TPSA) is 93.7 Å². The molecule has 0 spiro atoms. The number of ether oxygens (including phenoxy) is 2. The van der Waals surface area contributed by atoms with Crippen molar-refractivity contribution in [3.05, 3.63) is 48.8 Å². The van der Waals surface area contributed by atoms with Crippen LogP contribution < -0.4 is 19.1 Å². The Hall–Kier alpha value is -2.91. The molecule has 1 saturated heterocycles. The van der Waals surface area contributed by atoms with Crippen molar-refractivity contribution in [2.45, 2.75) is 24.2 Å². The number of methoxy groups -OCH3 is 2. The van der Waals surface area contributed by atoms with E-state index in [1.807, 2.05) is 12.1 Å². The summed E-state index contributed by atoms with van der Waals surface area (Å²) in [6, 6.07) is 12.3. The fourth-order valence-corrected chi connectivity index (χ4v) is 5.20. The molecule has 0 atom stereocenters. The van der Waals surface area contributed by atoms with Gasteiger partial charge >= 0.3 is 0 Å². The van der Waals surface area contributed by atoms with Gasteiger partial charge in [-0.25, -0.2) is 23.1 Å². The van der Waals surface area contributed by atoms with Crippen LogP contribution in [0.5, 0.6) is 11.5 Å². The van der Waals surface area contributed by atoms with Gasteiger partial charge in [-0.3, -0.25) is 0 Å². The van der Waals surface area contributed by atoms with E-state index < -0.39 is 10.0 Å². The molecule has 0 aliphatic carbocycles. The molecule has 1 aliphatic rings. The maximum absolute atomic E-state index is 12.4. The number of piperidine rings is 1. The van der Waals surface area contributed by atoms with E-state index in [0.717, 1.165) is 49.1 Å². The molecule has 1 aromatic heterocycles. The summed E-state index contributed by atoms with van der Waals surface area (Å²) in [5.41, 5.74) is 0.810. The molecule has 8 nitrogen and oxygen atoms in total. The smallest absolute Gasteiger partial charge is 0.240 e. The predicted molar refractivity (Wildman–Crippen MR) is 124 cm³/mol. The first-order valence-electron chi connectivity index (χ1n) is 10.7. The average molecular weight is 457 g/mol. The van der Waals surface area contributed by atoms with Crippen molar-refractivity contribution in [3.63, 3.8) is 0 Å². The summed E-state index contributed by atoms with van der Waals surface area (Å²) in [5, 5.41) is 0.930. The normalized spacial score (nSPS) is 15.1. The Morgan fingerprint density at radius 1 is 1.03 bits per heavy atom. The number of anilines is 1. The number of fused-ring (bicyclic) bond motifs is 1. The molecule has 9 heteroatoms. The molecule has 0 amide bonds. The van der Waals surface area contributed by atoms with Gasteiger partial charge in [0, 0.05) is 31.1 Å². The molecular weight excluding hydrogens is 428 g/mol. The Balaban J connectivity index is 1.37. The average Bonchev–Trinajstić information content (AvgIpc) is 2.83. The Labute approximate surface area is 188 Å². The summed E-state index contributed by atoms with van der Waals surface area (Å²) in [6.45, 7) is 2.16. The minimum Gasteiger partial charge on any atom is -0.493 e. The third kappa shape index (κ3) is 4.78. The van der Waals surface area contributed by atoms with E-state index >= 15 is 0 Å². The third-order valence-corrected chi connectivity index (χ3v) is 7.41. The number of aromatic nitrogens is 2. The van der Waals surface area contributed by atoms with Crippen LogP contribution in [-0.2, 0) is 10.0 Å². The van der Waals surface area contributed by atoms with Gasteiger partial charge in [0.05, 0.1) is 24.6 Å². The van der Waals surface area contributed by atoms with E-state index in [-0.39, 0.29) is 0 Å². The molecule has 3 aromatic rings. The summed E-state index contributed by atoms with van der Waals surface area (Å²) in [7, 11) is -0.228. The lowest BCUT2D eigenvalue weighted by Gasteiger charge is -2.33. The first-order valence-corrected chi connectivity index (χ1v) is 12.2. The molecule has 0 radical (unpaired) electrons. The molecule has 4 rings (SSSR count). The van der Waals surface area contributed by atoms with Crippen molar-refractivity contribution in [3.8, 4) is 11.5 Å². The summed E-state index contributed by atoms with van der Waals surface area (Å²) in [5.74, 6) is 2.64. The molecule has 1 N–H and O–H groups in total. The molecule has 2 aromatic carbocycles. The fourth-order valence-electron chi connectivity index (χ4n) is 4.14. The van der Waals surface area contributed by atoms with Crippen LogP contribution in [0.3, 0.4) is 0 Å². The highest BCUT2D eigenvalue weighted by molar-refractivity contribution is 7.89. The minimum atomic E-state index is -3.45. The molecule has 0 bridgehead atoms. The van der Waals surface area contributed by atoms with Crippen LogP contribution >= 0.6 is 0 Å². The van der Waals surface area contributed by atoms with E-state index in [1.165, 1.54) is 0 Å². The van der Waals surface area contributed by atoms with Gasteiger partial charge in [0.2, 0.25) is 10.0 Å². The molecule has 32 heavy (non-hydrogen) atoms. The lowest BCUT2D eigenvalue weighted by atomic mass is 9.93. The number of nitrogens with zero attached hydrogens (tertiary/aromatic N) is 3. The van der Waals surface area contributed by atoms with Gasteiger partial charge in [-0.05, 0) is 43.4 Å². The molecule has 1 aliphatic heterocycles. The number of rotatable bonds is 8. The second-order valence-corrected chi connectivity index (χ2v) is 9.62. The van der Waals surface area contributed by atoms with Gasteiger partial charge in [-0.2, -0.15) is 0 Å². The minimum absolute atomic E-state index is 0.303. The van der Waals surface area contributed by atoms with Crippen LogP contribution in [0.4, 0.5) is 5.82 Å². The zero-order valence-corrected chi connectivity index (χ0v) is 19.1. The maximum atomic E-state index is 12.4. The fraction of sp³-hybridized carbons (Fsp3) is 0.391. The van der Waals surface area contributed by atoms with Crippen molar-refractivity contribution in [1.29, 1.82) is 0 Å². The zero-order chi connectivity index (χ0) is 22.6. The van der Waals surface area contributed by atoms with Crippen LogP contribution in [0.1, 0.15) is 19.3 Å². The van der Waals surface area contributed by atoms with Crippen LogP contribution in [0.25, 0.3) is 10.9 Å². The maximum Gasteiger partial charge on any atom is 0.240 e. The van der Waals surface area contributed by atoms with Gasteiger partial charge in [0.1, 0.15) is 12.1 Å². The summed E-state index contributed by atoms with van der Waals surface area (Å²) < 4.78 is 38.3. The van der Waals surface area contributed by atoms with Crippen molar-refractivity contribution in [1.82, 2.24) is 14.7 Å². The molecule has 170 valence electrons.